The molecule has 1 aromatic rings. The first-order valence-electron chi connectivity index (χ1n) is 7.09. The lowest BCUT2D eigenvalue weighted by Crippen LogP contribution is -2.57. The fraction of sp³-hybridized carbons (Fsp3) is 0.500. The van der Waals surface area contributed by atoms with E-state index < -0.39 is 5.41 Å². The van der Waals surface area contributed by atoms with Gasteiger partial charge in [0, 0.05) is 12.2 Å². The fourth-order valence-corrected chi connectivity index (χ4v) is 3.29. The van der Waals surface area contributed by atoms with Gasteiger partial charge in [0.25, 0.3) is 0 Å². The summed E-state index contributed by atoms with van der Waals surface area (Å²) in [5.41, 5.74) is 7.34. The van der Waals surface area contributed by atoms with E-state index in [1.165, 1.54) is 5.56 Å². The van der Waals surface area contributed by atoms with Gasteiger partial charge in [0.05, 0.1) is 10.4 Å². The minimum atomic E-state index is -0.629. The van der Waals surface area contributed by atoms with E-state index in [0.29, 0.717) is 17.5 Å². The zero-order valence-corrected chi connectivity index (χ0v) is 13.2. The summed E-state index contributed by atoms with van der Waals surface area (Å²) >= 11 is 5.18. The number of hydrogen-bond acceptors (Lipinski definition) is 2. The van der Waals surface area contributed by atoms with Crippen LogP contribution in [0.4, 0.5) is 5.69 Å². The highest BCUT2D eigenvalue weighted by atomic mass is 32.1. The Labute approximate surface area is 126 Å². The Morgan fingerprint density at radius 2 is 1.95 bits per heavy atom. The van der Waals surface area contributed by atoms with Crippen LogP contribution >= 0.6 is 12.2 Å². The van der Waals surface area contributed by atoms with Crippen LogP contribution in [0.15, 0.2) is 24.3 Å². The summed E-state index contributed by atoms with van der Waals surface area (Å²) < 4.78 is 0. The van der Waals surface area contributed by atoms with Gasteiger partial charge in [0.2, 0.25) is 5.91 Å². The maximum Gasteiger partial charge on any atom is 0.240 e. The van der Waals surface area contributed by atoms with Gasteiger partial charge in [-0.1, -0.05) is 36.8 Å². The second kappa shape index (κ2) is 5.52. The van der Waals surface area contributed by atoms with Crippen molar-refractivity contribution in [3.8, 4) is 0 Å². The molecule has 3 nitrogen and oxygen atoms in total. The normalized spacial score (nSPS) is 24.9. The molecular weight excluding hydrogens is 268 g/mol. The first-order chi connectivity index (χ1) is 9.40. The van der Waals surface area contributed by atoms with Crippen molar-refractivity contribution in [1.29, 1.82) is 0 Å². The molecule has 108 valence electrons. The van der Waals surface area contributed by atoms with Crippen molar-refractivity contribution in [1.82, 2.24) is 0 Å². The topological polar surface area (TPSA) is 46.3 Å². The Morgan fingerprint density at radius 3 is 2.35 bits per heavy atom. The average molecular weight is 290 g/mol. The van der Waals surface area contributed by atoms with Crippen molar-refractivity contribution in [3.63, 3.8) is 0 Å². The summed E-state index contributed by atoms with van der Waals surface area (Å²) in [6.07, 6.45) is 1.53. The molecule has 2 N–H and O–H groups in total. The van der Waals surface area contributed by atoms with Gasteiger partial charge in [-0.25, -0.2) is 0 Å². The zero-order valence-electron chi connectivity index (χ0n) is 12.3. The molecule has 0 aliphatic heterocycles. The SMILES string of the molecule is CCN(C(=O)C1(C(N)=S)CC(C)C1)c1ccc(C)cc1. The van der Waals surface area contributed by atoms with Crippen LogP contribution in [0.1, 0.15) is 32.3 Å². The minimum Gasteiger partial charge on any atom is -0.392 e. The molecule has 0 atom stereocenters. The van der Waals surface area contributed by atoms with Crippen molar-refractivity contribution >= 4 is 28.8 Å². The quantitative estimate of drug-likeness (QED) is 0.867. The molecule has 2 rings (SSSR count). The van der Waals surface area contributed by atoms with Crippen molar-refractivity contribution < 1.29 is 4.79 Å². The van der Waals surface area contributed by atoms with E-state index in [1.807, 2.05) is 38.1 Å². The van der Waals surface area contributed by atoms with Crippen LogP contribution in [0.2, 0.25) is 0 Å². The smallest absolute Gasteiger partial charge is 0.240 e. The molecule has 1 aromatic carbocycles. The third-order valence-corrected chi connectivity index (χ3v) is 4.57. The van der Waals surface area contributed by atoms with Gasteiger partial charge in [-0.2, -0.15) is 0 Å². The Bertz CT molecular complexity index is 518. The molecule has 1 amide bonds. The Hall–Kier alpha value is -1.42. The molecule has 1 saturated carbocycles. The minimum absolute atomic E-state index is 0.0504. The van der Waals surface area contributed by atoms with Gasteiger partial charge < -0.3 is 10.6 Å². The van der Waals surface area contributed by atoms with E-state index in [2.05, 4.69) is 6.92 Å². The molecule has 0 unspecified atom stereocenters. The number of benzene rings is 1. The van der Waals surface area contributed by atoms with E-state index >= 15 is 0 Å². The van der Waals surface area contributed by atoms with Crippen LogP contribution in [-0.4, -0.2) is 17.4 Å². The molecule has 1 aliphatic rings. The number of rotatable bonds is 4. The predicted molar refractivity (Wildman–Crippen MR) is 86.8 cm³/mol. The van der Waals surface area contributed by atoms with Crippen LogP contribution in [-0.2, 0) is 4.79 Å². The highest BCUT2D eigenvalue weighted by molar-refractivity contribution is 7.80. The summed E-state index contributed by atoms with van der Waals surface area (Å²) in [6, 6.07) is 7.99. The monoisotopic (exact) mass is 290 g/mol. The number of anilines is 1. The number of aryl methyl sites for hydroxylation is 1. The second-order valence-corrected chi connectivity index (χ2v) is 6.28. The highest BCUT2D eigenvalue weighted by Gasteiger charge is 2.52. The fourth-order valence-electron chi connectivity index (χ4n) is 3.04. The van der Waals surface area contributed by atoms with E-state index in [0.717, 1.165) is 18.5 Å². The van der Waals surface area contributed by atoms with Crippen LogP contribution in [0, 0.1) is 18.3 Å². The number of nitrogens with zero attached hydrogens (tertiary/aromatic N) is 1. The van der Waals surface area contributed by atoms with Gasteiger partial charge in [-0.3, -0.25) is 4.79 Å². The first-order valence-corrected chi connectivity index (χ1v) is 7.50. The first kappa shape index (κ1) is 15.0. The Kier molecular flexibility index (Phi) is 4.14. The molecule has 0 bridgehead atoms. The lowest BCUT2D eigenvalue weighted by Gasteiger charge is -2.46. The van der Waals surface area contributed by atoms with E-state index in [4.69, 9.17) is 18.0 Å². The molecule has 1 aliphatic carbocycles. The van der Waals surface area contributed by atoms with Crippen molar-refractivity contribution in [3.05, 3.63) is 29.8 Å². The van der Waals surface area contributed by atoms with Crippen molar-refractivity contribution in [2.24, 2.45) is 17.1 Å². The molecule has 0 saturated heterocycles. The van der Waals surface area contributed by atoms with E-state index in [-0.39, 0.29) is 5.91 Å². The maximum atomic E-state index is 12.9. The van der Waals surface area contributed by atoms with Crippen molar-refractivity contribution in [2.45, 2.75) is 33.6 Å². The number of carbonyl (C=O) groups is 1. The summed E-state index contributed by atoms with van der Waals surface area (Å²) in [5, 5.41) is 0. The molecule has 0 spiro atoms. The lowest BCUT2D eigenvalue weighted by molar-refractivity contribution is -0.130. The van der Waals surface area contributed by atoms with Gasteiger partial charge in [0.15, 0.2) is 0 Å². The largest absolute Gasteiger partial charge is 0.392 e. The van der Waals surface area contributed by atoms with Crippen molar-refractivity contribution in [2.75, 3.05) is 11.4 Å². The predicted octanol–water partition coefficient (Wildman–Crippen LogP) is 3.05. The third kappa shape index (κ3) is 2.44. The third-order valence-electron chi connectivity index (χ3n) is 4.18. The molecule has 0 aromatic heterocycles. The van der Waals surface area contributed by atoms with E-state index in [1.54, 1.807) is 4.90 Å². The number of nitrogens with two attached hydrogens (primary N) is 1. The number of carbonyl (C=O) groups excluding carboxylic acids is 1. The van der Waals surface area contributed by atoms with Crippen LogP contribution < -0.4 is 10.6 Å². The molecule has 20 heavy (non-hydrogen) atoms. The molecule has 0 radical (unpaired) electrons. The number of thiocarbonyl (C=S) groups is 1. The molecular formula is C16H22N2OS. The van der Waals surface area contributed by atoms with Crippen LogP contribution in [0.3, 0.4) is 0 Å². The lowest BCUT2D eigenvalue weighted by atomic mass is 9.61. The summed E-state index contributed by atoms with van der Waals surface area (Å²) in [7, 11) is 0. The summed E-state index contributed by atoms with van der Waals surface area (Å²) in [5.74, 6) is 0.562. The Balaban J connectivity index is 2.29. The summed E-state index contributed by atoms with van der Waals surface area (Å²) in [4.78, 5) is 15.0. The summed E-state index contributed by atoms with van der Waals surface area (Å²) in [6.45, 7) is 6.77. The maximum absolute atomic E-state index is 12.9. The highest BCUT2D eigenvalue weighted by Crippen LogP contribution is 2.47. The molecule has 0 heterocycles. The van der Waals surface area contributed by atoms with Gasteiger partial charge in [0.1, 0.15) is 0 Å². The number of amides is 1. The van der Waals surface area contributed by atoms with Crippen LogP contribution in [0.25, 0.3) is 0 Å². The Morgan fingerprint density at radius 1 is 1.40 bits per heavy atom. The zero-order chi connectivity index (χ0) is 14.9. The van der Waals surface area contributed by atoms with Crippen LogP contribution in [0.5, 0.6) is 0 Å². The second-order valence-electron chi connectivity index (χ2n) is 5.84. The van der Waals surface area contributed by atoms with Gasteiger partial charge >= 0.3 is 0 Å². The average Bonchev–Trinajstić information content (AvgIpc) is 2.37. The molecule has 1 fully saturated rings. The van der Waals surface area contributed by atoms with Gasteiger partial charge in [-0.15, -0.1) is 0 Å². The van der Waals surface area contributed by atoms with Gasteiger partial charge in [-0.05, 0) is 44.7 Å². The van der Waals surface area contributed by atoms with E-state index in [9.17, 15) is 4.79 Å². The standard InChI is InChI=1S/C16H22N2OS/c1-4-18(13-7-5-11(2)6-8-13)15(19)16(14(17)20)9-12(3)10-16/h5-8,12H,4,9-10H2,1-3H3,(H2,17,20). The number of hydrogen-bond donors (Lipinski definition) is 1. The molecule has 4 heteroatoms.